The minimum Gasteiger partial charge on any atom is -0.359 e. The highest BCUT2D eigenvalue weighted by molar-refractivity contribution is 6.04. The molecule has 4 rings (SSSR count). The number of alkyl halides is 1. The molecule has 9 nitrogen and oxygen atoms in total. The van der Waals surface area contributed by atoms with Gasteiger partial charge in [-0.1, -0.05) is 43.9 Å². The largest absolute Gasteiger partial charge is 0.359 e. The Hall–Kier alpha value is -4.34. The number of para-hydroxylation sites is 1. The first-order chi connectivity index (χ1) is 17.0. The summed E-state index contributed by atoms with van der Waals surface area (Å²) in [5, 5.41) is 6.93. The highest BCUT2D eigenvalue weighted by Gasteiger charge is 2.28. The zero-order chi connectivity index (χ0) is 24.9. The van der Waals surface area contributed by atoms with E-state index in [1.807, 2.05) is 25.1 Å². The van der Waals surface area contributed by atoms with Crippen molar-refractivity contribution in [3.8, 4) is 5.69 Å². The van der Waals surface area contributed by atoms with Gasteiger partial charge in [0.1, 0.15) is 36.0 Å². The Morgan fingerprint density at radius 1 is 1.26 bits per heavy atom. The van der Waals surface area contributed by atoms with Crippen molar-refractivity contribution in [2.24, 2.45) is 0 Å². The van der Waals surface area contributed by atoms with Gasteiger partial charge < -0.3 is 15.5 Å². The predicted molar refractivity (Wildman–Crippen MR) is 133 cm³/mol. The van der Waals surface area contributed by atoms with Crippen LogP contribution in [0.2, 0.25) is 0 Å². The molecule has 0 aliphatic carbocycles. The fourth-order valence-corrected chi connectivity index (χ4v) is 3.80. The number of fused-ring (bicyclic) bond motifs is 1. The molecule has 1 aliphatic heterocycles. The van der Waals surface area contributed by atoms with Crippen LogP contribution in [-0.4, -0.2) is 50.7 Å². The Balaban J connectivity index is 1.90. The van der Waals surface area contributed by atoms with Crippen LogP contribution in [0.25, 0.3) is 18.3 Å². The van der Waals surface area contributed by atoms with Crippen molar-refractivity contribution in [2.75, 3.05) is 31.0 Å². The lowest BCUT2D eigenvalue weighted by molar-refractivity contribution is 0.0796. The third kappa shape index (κ3) is 4.68. The number of benzene rings is 1. The standard InChI is InChI=1S/C25H26FN7O2/c1-4-18(30-22-20-21(27-14-28-22)29-15-32(3)25(20)35)23-31-19(12-8-9-13-26)16(2)24(34)33(23)17-10-6-5-7-11-17/h5-12,14,18H,2,4,13,15H2,1,3H3,(H2,27,28,29,30)/b9-8-,19-12+/t18-/m0/s1. The predicted octanol–water partition coefficient (Wildman–Crippen LogP) is 1.76. The van der Waals surface area contributed by atoms with Gasteiger partial charge >= 0.3 is 0 Å². The summed E-state index contributed by atoms with van der Waals surface area (Å²) in [6, 6.07) is 8.62. The fourth-order valence-electron chi connectivity index (χ4n) is 3.80. The average molecular weight is 476 g/mol. The molecular weight excluding hydrogens is 449 g/mol. The summed E-state index contributed by atoms with van der Waals surface area (Å²) in [5.74, 6) is 0.963. The van der Waals surface area contributed by atoms with Crippen LogP contribution < -0.4 is 26.8 Å². The van der Waals surface area contributed by atoms with Gasteiger partial charge in [-0.05, 0) is 24.6 Å². The maximum absolute atomic E-state index is 13.5. The lowest BCUT2D eigenvalue weighted by atomic mass is 10.1. The molecule has 1 aliphatic rings. The summed E-state index contributed by atoms with van der Waals surface area (Å²) in [6.45, 7) is 5.56. The lowest BCUT2D eigenvalue weighted by Gasteiger charge is -2.28. The number of carbonyl (C=O) groups excluding carboxylic acids is 1. The van der Waals surface area contributed by atoms with Crippen molar-refractivity contribution >= 4 is 30.2 Å². The van der Waals surface area contributed by atoms with E-state index in [2.05, 4.69) is 27.2 Å². The second kappa shape index (κ2) is 10.3. The van der Waals surface area contributed by atoms with Gasteiger partial charge in [0.25, 0.3) is 11.5 Å². The summed E-state index contributed by atoms with van der Waals surface area (Å²) in [6.07, 6.45) is 6.27. The van der Waals surface area contributed by atoms with E-state index in [0.29, 0.717) is 47.1 Å². The summed E-state index contributed by atoms with van der Waals surface area (Å²) in [4.78, 5) is 41.1. The number of nitrogens with zero attached hydrogens (tertiary/aromatic N) is 5. The molecule has 35 heavy (non-hydrogen) atoms. The van der Waals surface area contributed by atoms with E-state index in [1.165, 1.54) is 27.9 Å². The minimum atomic E-state index is -0.634. The molecule has 0 saturated heterocycles. The summed E-state index contributed by atoms with van der Waals surface area (Å²) in [7, 11) is 1.68. The first-order valence-electron chi connectivity index (χ1n) is 11.2. The molecule has 180 valence electrons. The zero-order valence-electron chi connectivity index (χ0n) is 19.5. The van der Waals surface area contributed by atoms with E-state index in [0.717, 1.165) is 0 Å². The number of halogens is 1. The highest BCUT2D eigenvalue weighted by atomic mass is 19.1. The molecule has 2 aromatic heterocycles. The van der Waals surface area contributed by atoms with Gasteiger partial charge in [0.05, 0.1) is 29.0 Å². The fraction of sp³-hybridized carbons (Fsp3) is 0.240. The monoisotopic (exact) mass is 475 g/mol. The quantitative estimate of drug-likeness (QED) is 0.537. The van der Waals surface area contributed by atoms with Crippen molar-refractivity contribution in [3.63, 3.8) is 0 Å². The van der Waals surface area contributed by atoms with E-state index in [4.69, 9.17) is 4.98 Å². The number of nitrogens with one attached hydrogen (secondary N) is 2. The number of rotatable bonds is 7. The molecule has 1 aromatic carbocycles. The Morgan fingerprint density at radius 2 is 2.03 bits per heavy atom. The topological polar surface area (TPSA) is 105 Å². The minimum absolute atomic E-state index is 0.191. The Bertz CT molecular complexity index is 1440. The van der Waals surface area contributed by atoms with Crippen LogP contribution in [0, 0.1) is 0 Å². The van der Waals surface area contributed by atoms with Crippen LogP contribution in [0.5, 0.6) is 0 Å². The molecular formula is C25H26FN7O2. The first kappa shape index (κ1) is 23.8. The van der Waals surface area contributed by atoms with Crippen LogP contribution in [0.1, 0.15) is 35.6 Å². The van der Waals surface area contributed by atoms with Crippen molar-refractivity contribution in [2.45, 2.75) is 19.4 Å². The van der Waals surface area contributed by atoms with Crippen molar-refractivity contribution in [3.05, 3.63) is 81.1 Å². The van der Waals surface area contributed by atoms with Gasteiger partial charge in [-0.25, -0.2) is 19.3 Å². The molecule has 0 spiro atoms. The Kier molecular flexibility index (Phi) is 7.00. The third-order valence-corrected chi connectivity index (χ3v) is 5.65. The second-order valence-electron chi connectivity index (χ2n) is 7.95. The maximum atomic E-state index is 13.5. The van der Waals surface area contributed by atoms with E-state index < -0.39 is 12.7 Å². The SMILES string of the molecule is C=c1c(=O)n(-c2ccccc2)c([C@H](CC)Nc2ncnc3c2C(=O)N(C)CN3)n/c1=C/C=C\CF. The van der Waals surface area contributed by atoms with Crippen LogP contribution in [0.4, 0.5) is 16.0 Å². The number of carbonyl (C=O) groups is 1. The van der Waals surface area contributed by atoms with E-state index >= 15 is 0 Å². The van der Waals surface area contributed by atoms with Crippen LogP contribution in [0.3, 0.4) is 0 Å². The average Bonchev–Trinajstić information content (AvgIpc) is 2.88. The molecule has 0 fully saturated rings. The van der Waals surface area contributed by atoms with Gasteiger partial charge in [-0.15, -0.1) is 0 Å². The Labute approximate surface area is 201 Å². The molecule has 1 amide bonds. The molecule has 0 unspecified atom stereocenters. The van der Waals surface area contributed by atoms with Crippen molar-refractivity contribution in [1.29, 1.82) is 0 Å². The van der Waals surface area contributed by atoms with Crippen molar-refractivity contribution < 1.29 is 9.18 Å². The molecule has 3 heterocycles. The summed E-state index contributed by atoms with van der Waals surface area (Å²) < 4.78 is 14.1. The molecule has 0 radical (unpaired) electrons. The third-order valence-electron chi connectivity index (χ3n) is 5.65. The van der Waals surface area contributed by atoms with Gasteiger partial charge in [-0.3, -0.25) is 14.2 Å². The van der Waals surface area contributed by atoms with E-state index in [9.17, 15) is 14.0 Å². The molecule has 2 N–H and O–H groups in total. The number of allylic oxidation sites excluding steroid dienone is 2. The molecule has 1 atom stereocenters. The van der Waals surface area contributed by atoms with Gasteiger partial charge in [0.2, 0.25) is 0 Å². The number of amides is 1. The van der Waals surface area contributed by atoms with Crippen LogP contribution >= 0.6 is 0 Å². The second-order valence-corrected chi connectivity index (χ2v) is 7.95. The number of aromatic nitrogens is 4. The van der Waals surface area contributed by atoms with E-state index in [-0.39, 0.29) is 16.7 Å². The van der Waals surface area contributed by atoms with Crippen molar-refractivity contribution in [1.82, 2.24) is 24.4 Å². The lowest BCUT2D eigenvalue weighted by Crippen LogP contribution is -2.48. The number of anilines is 2. The van der Waals surface area contributed by atoms with Crippen LogP contribution in [0.15, 0.2) is 53.6 Å². The summed E-state index contributed by atoms with van der Waals surface area (Å²) in [5.41, 5.74) is 0.599. The normalized spacial score (nSPS) is 14.7. The molecule has 0 bridgehead atoms. The zero-order valence-corrected chi connectivity index (χ0v) is 19.5. The first-order valence-corrected chi connectivity index (χ1v) is 11.2. The smallest absolute Gasteiger partial charge is 0.265 e. The summed E-state index contributed by atoms with van der Waals surface area (Å²) >= 11 is 0. The highest BCUT2D eigenvalue weighted by Crippen LogP contribution is 2.28. The van der Waals surface area contributed by atoms with Gasteiger partial charge in [0, 0.05) is 7.05 Å². The van der Waals surface area contributed by atoms with Gasteiger partial charge in [0.15, 0.2) is 0 Å². The van der Waals surface area contributed by atoms with Gasteiger partial charge in [-0.2, -0.15) is 0 Å². The van der Waals surface area contributed by atoms with E-state index in [1.54, 1.807) is 25.3 Å². The van der Waals surface area contributed by atoms with Crippen LogP contribution in [-0.2, 0) is 0 Å². The maximum Gasteiger partial charge on any atom is 0.265 e. The molecule has 3 aromatic rings. The number of hydrogen-bond donors (Lipinski definition) is 2. The Morgan fingerprint density at radius 3 is 2.74 bits per heavy atom. The number of hydrogen-bond acceptors (Lipinski definition) is 7. The molecule has 0 saturated carbocycles. The molecule has 10 heteroatoms.